The van der Waals surface area contributed by atoms with Crippen molar-refractivity contribution in [2.45, 2.75) is 128 Å². The molecular formula is C35H53N5O2. The number of carbonyl (C=O) groups is 1. The van der Waals surface area contributed by atoms with Crippen molar-refractivity contribution in [1.29, 1.82) is 0 Å². The van der Waals surface area contributed by atoms with Gasteiger partial charge in [-0.25, -0.2) is 4.98 Å². The third kappa shape index (κ3) is 6.16. The molecule has 4 bridgehead atoms. The standard InChI is InChI=1S/C35H53N5O2/c1-35(2,3)42-34(41)24-38-16-14-37(15-17-38)23-33-36-31-12-4-5-13-32(31)40(33)30-21-27-10-7-11-28(22-30)39(27)29-19-25-8-6-9-26(18-25)20-29/h4-5,12-13,25-30H,6-11,14-24H2,1-3H3. The Hall–Kier alpha value is -1.96. The summed E-state index contributed by atoms with van der Waals surface area (Å²) in [5.41, 5.74) is 2.03. The van der Waals surface area contributed by atoms with Crippen LogP contribution in [-0.2, 0) is 16.1 Å². The number of esters is 1. The van der Waals surface area contributed by atoms with Crippen LogP contribution in [0.2, 0.25) is 0 Å². The zero-order valence-electron chi connectivity index (χ0n) is 26.3. The van der Waals surface area contributed by atoms with Crippen LogP contribution in [0.15, 0.2) is 24.3 Å². The van der Waals surface area contributed by atoms with Crippen molar-refractivity contribution in [2.75, 3.05) is 32.7 Å². The van der Waals surface area contributed by atoms with Gasteiger partial charge in [0.05, 0.1) is 24.1 Å². The smallest absolute Gasteiger partial charge is 0.320 e. The van der Waals surface area contributed by atoms with Gasteiger partial charge in [0.2, 0.25) is 0 Å². The van der Waals surface area contributed by atoms with Gasteiger partial charge in [-0.1, -0.05) is 37.8 Å². The van der Waals surface area contributed by atoms with Crippen molar-refractivity contribution in [3.8, 4) is 0 Å². The molecule has 2 aromatic rings. The lowest BCUT2D eigenvalue weighted by Crippen LogP contribution is -2.58. The van der Waals surface area contributed by atoms with Gasteiger partial charge in [-0.3, -0.25) is 19.5 Å². The number of hydrogen-bond donors (Lipinski definition) is 0. The van der Waals surface area contributed by atoms with Crippen LogP contribution in [0.1, 0.15) is 103 Å². The summed E-state index contributed by atoms with van der Waals surface area (Å²) in [6, 6.07) is 11.7. The Morgan fingerprint density at radius 1 is 0.810 bits per heavy atom. The van der Waals surface area contributed by atoms with E-state index in [2.05, 4.69) is 43.5 Å². The highest BCUT2D eigenvalue weighted by Gasteiger charge is 2.45. The van der Waals surface area contributed by atoms with Crippen LogP contribution in [0.25, 0.3) is 11.0 Å². The molecule has 5 fully saturated rings. The first-order chi connectivity index (χ1) is 20.3. The van der Waals surface area contributed by atoms with Crippen LogP contribution in [0.3, 0.4) is 0 Å². The summed E-state index contributed by atoms with van der Waals surface area (Å²) >= 11 is 0. The normalized spacial score (nSPS) is 33.1. The number of fused-ring (bicyclic) bond motifs is 5. The molecule has 3 aliphatic heterocycles. The average molecular weight is 576 g/mol. The second-order valence-electron chi connectivity index (χ2n) is 15.4. The molecule has 3 saturated heterocycles. The summed E-state index contributed by atoms with van der Waals surface area (Å²) < 4.78 is 8.23. The van der Waals surface area contributed by atoms with Crippen LogP contribution in [0, 0.1) is 11.8 Å². The minimum atomic E-state index is -0.429. The van der Waals surface area contributed by atoms with Crippen molar-refractivity contribution in [2.24, 2.45) is 11.8 Å². The number of para-hydroxylation sites is 2. The largest absolute Gasteiger partial charge is 0.459 e. The topological polar surface area (TPSA) is 53.8 Å². The Morgan fingerprint density at radius 3 is 2.14 bits per heavy atom. The van der Waals surface area contributed by atoms with Crippen LogP contribution >= 0.6 is 0 Å². The van der Waals surface area contributed by atoms with Gasteiger partial charge in [-0.15, -0.1) is 0 Å². The van der Waals surface area contributed by atoms with Crippen molar-refractivity contribution < 1.29 is 9.53 Å². The summed E-state index contributed by atoms with van der Waals surface area (Å²) in [5.74, 6) is 3.11. The molecule has 4 heterocycles. The van der Waals surface area contributed by atoms with Crippen LogP contribution in [0.5, 0.6) is 0 Å². The van der Waals surface area contributed by atoms with E-state index >= 15 is 0 Å². The summed E-state index contributed by atoms with van der Waals surface area (Å²) in [6.45, 7) is 10.8. The fraction of sp³-hybridized carbons (Fsp3) is 0.771. The molecule has 0 N–H and O–H groups in total. The molecule has 1 aromatic heterocycles. The van der Waals surface area contributed by atoms with Gasteiger partial charge in [0.1, 0.15) is 11.4 Å². The summed E-state index contributed by atoms with van der Waals surface area (Å²) in [4.78, 5) is 25.5. The Morgan fingerprint density at radius 2 is 1.45 bits per heavy atom. The minimum Gasteiger partial charge on any atom is -0.459 e. The molecule has 230 valence electrons. The molecule has 1 aromatic carbocycles. The first-order valence-corrected chi connectivity index (χ1v) is 17.2. The molecule has 4 atom stereocenters. The van der Waals surface area contributed by atoms with E-state index in [-0.39, 0.29) is 5.97 Å². The van der Waals surface area contributed by atoms with Crippen molar-refractivity contribution in [1.82, 2.24) is 24.3 Å². The molecule has 7 rings (SSSR count). The van der Waals surface area contributed by atoms with Gasteiger partial charge < -0.3 is 9.30 Å². The Bertz CT molecular complexity index is 1220. The number of imidazole rings is 1. The van der Waals surface area contributed by atoms with Gasteiger partial charge in [-0.2, -0.15) is 0 Å². The number of rotatable bonds is 6. The number of ether oxygens (including phenoxy) is 1. The number of carbonyl (C=O) groups excluding carboxylic acids is 1. The third-order valence-corrected chi connectivity index (χ3v) is 11.2. The first-order valence-electron chi connectivity index (χ1n) is 17.2. The van der Waals surface area contributed by atoms with E-state index in [0.717, 1.165) is 68.2 Å². The Kier molecular flexibility index (Phi) is 8.12. The Labute approximate surface area is 252 Å². The average Bonchev–Trinajstić information content (AvgIpc) is 3.30. The number of hydrogen-bond acceptors (Lipinski definition) is 6. The SMILES string of the molecule is CC(C)(C)OC(=O)CN1CCN(Cc2nc3ccccc3n2C2CC3CCCC(C2)N3C2CC3CCCC(C3)C2)CC1. The molecule has 7 nitrogen and oxygen atoms in total. The summed E-state index contributed by atoms with van der Waals surface area (Å²) in [7, 11) is 0. The summed E-state index contributed by atoms with van der Waals surface area (Å²) in [6.07, 6.45) is 15.6. The van der Waals surface area contributed by atoms with Gasteiger partial charge in [0.15, 0.2) is 0 Å². The van der Waals surface area contributed by atoms with Crippen molar-refractivity contribution in [3.63, 3.8) is 0 Å². The maximum Gasteiger partial charge on any atom is 0.320 e. The molecule has 0 spiro atoms. The number of piperazine rings is 1. The molecule has 7 heteroatoms. The predicted octanol–water partition coefficient (Wildman–Crippen LogP) is 6.02. The number of nitrogens with zero attached hydrogens (tertiary/aromatic N) is 5. The maximum absolute atomic E-state index is 12.4. The highest BCUT2D eigenvalue weighted by atomic mass is 16.6. The predicted molar refractivity (Wildman–Crippen MR) is 167 cm³/mol. The molecular weight excluding hydrogens is 522 g/mol. The fourth-order valence-corrected chi connectivity index (χ4v) is 9.61. The number of piperidine rings is 2. The second kappa shape index (κ2) is 11.9. The van der Waals surface area contributed by atoms with Gasteiger partial charge in [-0.05, 0) is 89.7 Å². The molecule has 4 unspecified atom stereocenters. The zero-order valence-corrected chi connectivity index (χ0v) is 26.3. The first kappa shape index (κ1) is 28.8. The molecule has 0 amide bonds. The van der Waals surface area contributed by atoms with Crippen molar-refractivity contribution in [3.05, 3.63) is 30.1 Å². The van der Waals surface area contributed by atoms with E-state index in [0.29, 0.717) is 12.6 Å². The van der Waals surface area contributed by atoms with E-state index in [9.17, 15) is 4.79 Å². The maximum atomic E-state index is 12.4. The van der Waals surface area contributed by atoms with Crippen LogP contribution in [-0.4, -0.2) is 86.7 Å². The van der Waals surface area contributed by atoms with E-state index in [4.69, 9.17) is 9.72 Å². The third-order valence-electron chi connectivity index (χ3n) is 11.2. The van der Waals surface area contributed by atoms with Crippen LogP contribution in [0.4, 0.5) is 0 Å². The van der Waals surface area contributed by atoms with E-state index in [1.165, 1.54) is 82.0 Å². The summed E-state index contributed by atoms with van der Waals surface area (Å²) in [5, 5.41) is 0. The lowest BCUT2D eigenvalue weighted by atomic mass is 9.68. The van der Waals surface area contributed by atoms with E-state index < -0.39 is 5.60 Å². The molecule has 2 aliphatic carbocycles. The molecule has 5 aliphatic rings. The minimum absolute atomic E-state index is 0.119. The van der Waals surface area contributed by atoms with Gasteiger partial charge >= 0.3 is 5.97 Å². The van der Waals surface area contributed by atoms with E-state index in [1.807, 2.05) is 20.8 Å². The molecule has 2 saturated carbocycles. The molecule has 42 heavy (non-hydrogen) atoms. The van der Waals surface area contributed by atoms with E-state index in [1.54, 1.807) is 0 Å². The van der Waals surface area contributed by atoms with Crippen LogP contribution < -0.4 is 0 Å². The highest BCUT2D eigenvalue weighted by molar-refractivity contribution is 5.76. The second-order valence-corrected chi connectivity index (χ2v) is 15.4. The number of benzene rings is 1. The van der Waals surface area contributed by atoms with Gasteiger partial charge in [0.25, 0.3) is 0 Å². The lowest BCUT2D eigenvalue weighted by Gasteiger charge is -2.55. The quantitative estimate of drug-likeness (QED) is 0.393. The fourth-order valence-electron chi connectivity index (χ4n) is 9.61. The zero-order chi connectivity index (χ0) is 28.8. The molecule has 0 radical (unpaired) electrons. The van der Waals surface area contributed by atoms with Gasteiger partial charge in [0, 0.05) is 50.3 Å². The lowest BCUT2D eigenvalue weighted by molar-refractivity contribution is -0.156. The Balaban J connectivity index is 1.05. The monoisotopic (exact) mass is 575 g/mol. The highest BCUT2D eigenvalue weighted by Crippen LogP contribution is 2.48. The van der Waals surface area contributed by atoms with Crippen molar-refractivity contribution >= 4 is 17.0 Å². The number of aromatic nitrogens is 2.